The highest BCUT2D eigenvalue weighted by Crippen LogP contribution is 2.43. The van der Waals surface area contributed by atoms with Crippen LogP contribution in [-0.2, 0) is 4.74 Å². The van der Waals surface area contributed by atoms with Gasteiger partial charge in [0.2, 0.25) is 17.7 Å². The molecule has 1 saturated heterocycles. The van der Waals surface area contributed by atoms with Crippen LogP contribution in [0.2, 0.25) is 0 Å². The van der Waals surface area contributed by atoms with Crippen molar-refractivity contribution >= 4 is 22.9 Å². The van der Waals surface area contributed by atoms with Gasteiger partial charge in [-0.2, -0.15) is 9.97 Å². The van der Waals surface area contributed by atoms with Crippen molar-refractivity contribution < 1.29 is 19.4 Å². The van der Waals surface area contributed by atoms with E-state index in [1.54, 1.807) is 10.9 Å². The topological polar surface area (TPSA) is 182 Å². The number of hydrogen-bond acceptors (Lipinski definition) is 12. The van der Waals surface area contributed by atoms with Gasteiger partial charge in [0.25, 0.3) is 0 Å². The summed E-state index contributed by atoms with van der Waals surface area (Å²) in [6.45, 7) is 4.25. The third kappa shape index (κ3) is 4.83. The van der Waals surface area contributed by atoms with Crippen LogP contribution in [0.15, 0.2) is 10.7 Å². The van der Waals surface area contributed by atoms with Gasteiger partial charge in [0.1, 0.15) is 12.2 Å². The van der Waals surface area contributed by atoms with Crippen molar-refractivity contribution in [3.63, 3.8) is 0 Å². The van der Waals surface area contributed by atoms with E-state index in [4.69, 9.17) is 24.9 Å². The third-order valence-electron chi connectivity index (χ3n) is 7.99. The van der Waals surface area contributed by atoms with Gasteiger partial charge in [-0.25, -0.2) is 4.98 Å². The summed E-state index contributed by atoms with van der Waals surface area (Å²) >= 11 is 0. The lowest BCUT2D eigenvalue weighted by Gasteiger charge is -2.27. The fraction of sp³-hybridized carbons (Fsp3) is 0.720. The van der Waals surface area contributed by atoms with Crippen LogP contribution in [-0.4, -0.2) is 70.3 Å². The summed E-state index contributed by atoms with van der Waals surface area (Å²) in [7, 11) is 0. The molecule has 0 spiro atoms. The predicted molar refractivity (Wildman–Crippen MR) is 138 cm³/mol. The molecule has 13 nitrogen and oxygen atoms in total. The number of nitrogens with zero attached hydrogens (tertiary/aromatic N) is 6. The van der Waals surface area contributed by atoms with E-state index >= 15 is 0 Å². The van der Waals surface area contributed by atoms with E-state index in [2.05, 4.69) is 39.7 Å². The summed E-state index contributed by atoms with van der Waals surface area (Å²) in [6.07, 6.45) is 4.83. The highest BCUT2D eigenvalue weighted by Gasteiger charge is 2.48. The molecule has 0 radical (unpaired) electrons. The highest BCUT2D eigenvalue weighted by molar-refractivity contribution is 5.84. The molecule has 1 aliphatic heterocycles. The molecule has 6 N–H and O–H groups in total. The lowest BCUT2D eigenvalue weighted by molar-refractivity contribution is -0.0439. The second kappa shape index (κ2) is 10.4. The summed E-state index contributed by atoms with van der Waals surface area (Å²) in [5.74, 6) is 2.08. The largest absolute Gasteiger partial charge is 0.422 e. The average Bonchev–Trinajstić information content (AvgIpc) is 3.38. The molecule has 0 amide bonds. The quantitative estimate of drug-likeness (QED) is 0.274. The number of nitrogens with one attached hydrogen (secondary N) is 2. The minimum absolute atomic E-state index is 0.161. The number of nitrogens with two attached hydrogens (primary N) is 1. The molecule has 3 aliphatic rings. The molecule has 0 unspecified atom stereocenters. The van der Waals surface area contributed by atoms with E-state index in [-0.39, 0.29) is 29.9 Å². The van der Waals surface area contributed by atoms with Gasteiger partial charge in [0, 0.05) is 24.0 Å². The van der Waals surface area contributed by atoms with Crippen molar-refractivity contribution in [1.82, 2.24) is 29.7 Å². The van der Waals surface area contributed by atoms with E-state index in [1.807, 2.05) is 0 Å². The van der Waals surface area contributed by atoms with Crippen molar-refractivity contribution in [2.24, 2.45) is 5.73 Å². The number of anilines is 2. The van der Waals surface area contributed by atoms with E-state index in [0.29, 0.717) is 28.8 Å². The Labute approximate surface area is 220 Å². The second-order valence-electron chi connectivity index (χ2n) is 10.8. The Morgan fingerprint density at radius 1 is 1.03 bits per heavy atom. The molecule has 2 saturated carbocycles. The first kappa shape index (κ1) is 25.4. The number of rotatable bonds is 9. The maximum absolute atomic E-state index is 11.0. The molecule has 206 valence electrons. The zero-order valence-corrected chi connectivity index (χ0v) is 21.8. The lowest BCUT2D eigenvalue weighted by atomic mass is 9.92. The van der Waals surface area contributed by atoms with Crippen molar-refractivity contribution in [3.8, 4) is 0 Å². The maximum atomic E-state index is 11.0. The van der Waals surface area contributed by atoms with Crippen molar-refractivity contribution in [1.29, 1.82) is 0 Å². The summed E-state index contributed by atoms with van der Waals surface area (Å²) in [6, 6.07) is 0.684. The van der Waals surface area contributed by atoms with Crippen LogP contribution in [0.1, 0.15) is 95.2 Å². The van der Waals surface area contributed by atoms with Crippen LogP contribution >= 0.6 is 0 Å². The van der Waals surface area contributed by atoms with Crippen LogP contribution in [0.3, 0.4) is 0 Å². The Morgan fingerprint density at radius 3 is 2.47 bits per heavy atom. The van der Waals surface area contributed by atoms with Gasteiger partial charge in [-0.1, -0.05) is 13.8 Å². The van der Waals surface area contributed by atoms with Crippen LogP contribution in [0, 0.1) is 0 Å². The van der Waals surface area contributed by atoms with Crippen LogP contribution in [0.5, 0.6) is 0 Å². The molecule has 0 bridgehead atoms. The molecule has 3 aromatic rings. The molecule has 4 atom stereocenters. The zero-order valence-electron chi connectivity index (χ0n) is 21.8. The van der Waals surface area contributed by atoms with Gasteiger partial charge in [0.05, 0.1) is 6.33 Å². The normalized spacial score (nSPS) is 29.8. The molecular weight excluding hydrogens is 490 g/mol. The molecule has 4 heterocycles. The second-order valence-corrected chi connectivity index (χ2v) is 10.8. The molecule has 2 aliphatic carbocycles. The van der Waals surface area contributed by atoms with E-state index in [0.717, 1.165) is 51.4 Å². The fourth-order valence-corrected chi connectivity index (χ4v) is 5.35. The molecular formula is C25H37N9O4. The summed E-state index contributed by atoms with van der Waals surface area (Å²) < 4.78 is 13.5. The number of aliphatic hydroxyl groups excluding tert-OH is 2. The Hall–Kier alpha value is -2.87. The minimum atomic E-state index is -1.25. The number of aromatic nitrogens is 6. The molecule has 13 heteroatoms. The summed E-state index contributed by atoms with van der Waals surface area (Å²) in [5, 5.41) is 37.0. The standard InChI is InChI=1S/C25H37N9O4/c1-3-14(4-2)28-20-16-21(31-25(30-20)29-15-9-7-13(26)8-10-15)34(11-27-16)24-18(36)17(35)19(37-24)23-33-32-22(38-23)12-5-6-12/h11-15,17-19,24,35-36H,3-10,26H2,1-2H3,(H2,28,29,30,31)/t13-,15-,17-,18+,19-,24+/m0/s1. The molecule has 3 aromatic heterocycles. The molecule has 38 heavy (non-hydrogen) atoms. The van der Waals surface area contributed by atoms with Crippen molar-refractivity contribution in [3.05, 3.63) is 18.1 Å². The fourth-order valence-electron chi connectivity index (χ4n) is 5.35. The first-order valence-corrected chi connectivity index (χ1v) is 13.8. The van der Waals surface area contributed by atoms with Crippen LogP contribution in [0.25, 0.3) is 11.2 Å². The van der Waals surface area contributed by atoms with Gasteiger partial charge in [0.15, 0.2) is 29.3 Å². The van der Waals surface area contributed by atoms with Gasteiger partial charge in [-0.15, -0.1) is 10.2 Å². The number of fused-ring (bicyclic) bond motifs is 1. The van der Waals surface area contributed by atoms with Gasteiger partial charge in [-0.3, -0.25) is 4.57 Å². The monoisotopic (exact) mass is 527 g/mol. The van der Waals surface area contributed by atoms with E-state index in [1.165, 1.54) is 0 Å². The minimum Gasteiger partial charge on any atom is -0.422 e. The number of imidazole rings is 1. The first-order chi connectivity index (χ1) is 18.4. The number of hydrogen-bond donors (Lipinski definition) is 5. The number of ether oxygens (including phenoxy) is 1. The molecule has 0 aromatic carbocycles. The predicted octanol–water partition coefficient (Wildman–Crippen LogP) is 2.36. The average molecular weight is 528 g/mol. The van der Waals surface area contributed by atoms with Crippen LogP contribution < -0.4 is 16.4 Å². The van der Waals surface area contributed by atoms with E-state index in [9.17, 15) is 10.2 Å². The Kier molecular flexibility index (Phi) is 6.93. The van der Waals surface area contributed by atoms with Gasteiger partial charge in [-0.05, 0) is 51.4 Å². The Balaban J connectivity index is 1.32. The Morgan fingerprint density at radius 2 is 1.76 bits per heavy atom. The van der Waals surface area contributed by atoms with Gasteiger partial charge < -0.3 is 35.7 Å². The van der Waals surface area contributed by atoms with Gasteiger partial charge >= 0.3 is 0 Å². The SMILES string of the molecule is CCC(CC)Nc1nc(N[C@H]2CC[C@H](N)CC2)nc2c1ncn2[C@@H]1O[C@H](c2nnc(C3CC3)o2)[C@@H](O)[C@H]1O. The third-order valence-corrected chi connectivity index (χ3v) is 7.99. The smallest absolute Gasteiger partial charge is 0.248 e. The highest BCUT2D eigenvalue weighted by atomic mass is 16.6. The lowest BCUT2D eigenvalue weighted by Crippen LogP contribution is -2.33. The summed E-state index contributed by atoms with van der Waals surface area (Å²) in [4.78, 5) is 14.2. The Bertz CT molecular complexity index is 1250. The van der Waals surface area contributed by atoms with Crippen LogP contribution in [0.4, 0.5) is 11.8 Å². The summed E-state index contributed by atoms with van der Waals surface area (Å²) in [5.41, 5.74) is 7.15. The molecule has 6 rings (SSSR count). The van der Waals surface area contributed by atoms with E-state index < -0.39 is 24.5 Å². The first-order valence-electron chi connectivity index (χ1n) is 13.8. The maximum Gasteiger partial charge on any atom is 0.248 e. The number of aliphatic hydroxyl groups is 2. The van der Waals surface area contributed by atoms with Crippen molar-refractivity contribution in [2.45, 2.75) is 114 Å². The molecule has 3 fully saturated rings. The zero-order chi connectivity index (χ0) is 26.4. The van der Waals surface area contributed by atoms with Crippen molar-refractivity contribution in [2.75, 3.05) is 10.6 Å².